The maximum Gasteiger partial charge on any atom is 0.160 e. The summed E-state index contributed by atoms with van der Waals surface area (Å²) in [6.07, 6.45) is 31.5. The fourth-order valence-corrected chi connectivity index (χ4v) is 18.2. The monoisotopic (exact) mass is 1360 g/mol. The number of rotatable bonds is 0. The Balaban J connectivity index is 0.000000129. The van der Waals surface area contributed by atoms with Crippen LogP contribution in [0.3, 0.4) is 0 Å². The van der Waals surface area contributed by atoms with Crippen molar-refractivity contribution in [2.45, 2.75) is 349 Å². The molecule has 2 saturated carbocycles. The van der Waals surface area contributed by atoms with Crippen molar-refractivity contribution in [3.63, 3.8) is 0 Å². The van der Waals surface area contributed by atoms with Crippen LogP contribution in [-0.2, 0) is 75.8 Å². The zero-order valence-electron chi connectivity index (χ0n) is 63.6. The maximum atomic E-state index is 5.81. The Morgan fingerprint density at radius 3 is 1.09 bits per heavy atom. The van der Waals surface area contributed by atoms with E-state index in [-0.39, 0.29) is 12.6 Å². The van der Waals surface area contributed by atoms with Crippen molar-refractivity contribution >= 4 is 0 Å². The van der Waals surface area contributed by atoms with Crippen LogP contribution in [0.1, 0.15) is 239 Å². The topological polar surface area (TPSA) is 148 Å². The lowest BCUT2D eigenvalue weighted by atomic mass is 9.80. The third-order valence-electron chi connectivity index (χ3n) is 24.0. The Morgan fingerprint density at radius 2 is 0.531 bits per heavy atom. The predicted octanol–water partition coefficient (Wildman–Crippen LogP) is 15.7. The summed E-state index contributed by atoms with van der Waals surface area (Å²) in [7, 11) is 0. The molecule has 14 heterocycles. The highest BCUT2D eigenvalue weighted by Crippen LogP contribution is 2.40. The van der Waals surface area contributed by atoms with Crippen LogP contribution in [-0.4, -0.2) is 190 Å². The van der Waals surface area contributed by atoms with Gasteiger partial charge in [-0.2, -0.15) is 0 Å². The van der Waals surface area contributed by atoms with E-state index in [1.54, 1.807) is 0 Å². The molecule has 14 saturated heterocycles. The van der Waals surface area contributed by atoms with E-state index in [0.29, 0.717) is 133 Å². The molecule has 0 N–H and O–H groups in total. The lowest BCUT2D eigenvalue weighted by Crippen LogP contribution is -2.45. The first kappa shape index (κ1) is 79.5. The Morgan fingerprint density at radius 1 is 0.167 bits per heavy atom. The number of hydrogen-bond acceptors (Lipinski definition) is 16. The molecule has 16 aliphatic rings. The van der Waals surface area contributed by atoms with Gasteiger partial charge in [0.2, 0.25) is 0 Å². The molecule has 0 bridgehead atoms. The summed E-state index contributed by atoms with van der Waals surface area (Å²) in [4.78, 5) is 0. The van der Waals surface area contributed by atoms with Gasteiger partial charge in [0.15, 0.2) is 12.6 Å². The summed E-state index contributed by atoms with van der Waals surface area (Å²) < 4.78 is 91.0. The van der Waals surface area contributed by atoms with Gasteiger partial charge >= 0.3 is 0 Å². The fourth-order valence-electron chi connectivity index (χ4n) is 18.2. The smallest absolute Gasteiger partial charge is 0.160 e. The summed E-state index contributed by atoms with van der Waals surface area (Å²) in [6, 6.07) is 0. The lowest BCUT2D eigenvalue weighted by molar-refractivity contribution is -0.243. The summed E-state index contributed by atoms with van der Waals surface area (Å²) in [5.74, 6) is 10.2. The van der Waals surface area contributed by atoms with Gasteiger partial charge in [0.1, 0.15) is 0 Å². The van der Waals surface area contributed by atoms with Crippen LogP contribution < -0.4 is 0 Å². The average molecular weight is 1360 g/mol. The van der Waals surface area contributed by atoms with Gasteiger partial charge in [-0.3, -0.25) is 0 Å². The van der Waals surface area contributed by atoms with E-state index >= 15 is 0 Å². The molecule has 32 unspecified atom stereocenters. The molecule has 16 heteroatoms. The lowest BCUT2D eigenvalue weighted by Gasteiger charge is -2.40. The normalized spacial score (nSPS) is 48.5. The molecule has 16 fully saturated rings. The van der Waals surface area contributed by atoms with Crippen molar-refractivity contribution in [2.75, 3.05) is 79.3 Å². The van der Waals surface area contributed by atoms with Crippen molar-refractivity contribution in [2.24, 2.45) is 82.9 Å². The molecular weight excluding hydrogens is 1220 g/mol. The molecule has 16 nitrogen and oxygen atoms in total. The second-order valence-corrected chi connectivity index (χ2v) is 34.5. The number of fused-ring (bicyclic) bond motifs is 8. The van der Waals surface area contributed by atoms with Gasteiger partial charge in [-0.05, 0) is 250 Å². The molecule has 560 valence electrons. The standard InChI is InChI=1S/8C10H18O2/c1-7-3-9-6-12-8(2)4-10(9)5-11-7;2*1-7-3-9-6-11-8(2)4-10(9)12-5-7;1-7-3-9-10(11-5-7)4-8(2)6-12-9;1-7-5-9-4-3-8(2)12-10(9)11-6-7;1-7-3-4-9-5-8(2)11-6-10(9)12-7;1-7-3-4-10-9(5-7)6-11-8(2)12-10;1-7-3-4-9-10(5-7)11-6-8(2)12-9/h8*7-10H,3-6H2,1-2H3. The van der Waals surface area contributed by atoms with Crippen molar-refractivity contribution in [1.29, 1.82) is 0 Å². The fraction of sp³-hybridized carbons (Fsp3) is 1.00. The molecule has 0 aromatic carbocycles. The minimum Gasteiger partial charge on any atom is -0.378 e. The molecule has 0 radical (unpaired) electrons. The van der Waals surface area contributed by atoms with Crippen LogP contribution in [0, 0.1) is 82.9 Å². The third-order valence-corrected chi connectivity index (χ3v) is 24.0. The average Bonchev–Trinajstić information content (AvgIpc) is 1.25. The Hall–Kier alpha value is -0.640. The van der Waals surface area contributed by atoms with E-state index in [2.05, 4.69) is 104 Å². The highest BCUT2D eigenvalue weighted by Gasteiger charge is 2.41. The Bertz CT molecular complexity index is 1550. The largest absolute Gasteiger partial charge is 0.378 e. The quantitative estimate of drug-likeness (QED) is 0.226. The maximum absolute atomic E-state index is 5.81. The van der Waals surface area contributed by atoms with Crippen LogP contribution in [0.4, 0.5) is 0 Å². The molecule has 96 heavy (non-hydrogen) atoms. The van der Waals surface area contributed by atoms with E-state index in [1.165, 1.54) is 116 Å². The van der Waals surface area contributed by atoms with Crippen molar-refractivity contribution < 1.29 is 75.8 Å². The SMILES string of the molecule is CC1CC2CCC(C)OC2CO1.CC1CC2COC(C)CC2CO1.CC1CCC2OC(C)COC2C1.CC1CCC2OC(C)OCC2C1.CC1COC2CC(C)COC2C1.CC1COC2CC(C)OCC2C1.CC1COC2CC(C)OCC2C1.CC1COC2OC(C)CCC2C1. The van der Waals surface area contributed by atoms with Crippen LogP contribution in [0.25, 0.3) is 0 Å². The van der Waals surface area contributed by atoms with E-state index < -0.39 is 0 Å². The molecule has 2 aliphatic carbocycles. The van der Waals surface area contributed by atoms with Gasteiger partial charge in [0, 0.05) is 50.1 Å². The van der Waals surface area contributed by atoms with Gasteiger partial charge in [0.05, 0.1) is 151 Å². The van der Waals surface area contributed by atoms with Crippen molar-refractivity contribution in [3.8, 4) is 0 Å². The second-order valence-electron chi connectivity index (χ2n) is 34.5. The van der Waals surface area contributed by atoms with Gasteiger partial charge in [-0.15, -0.1) is 0 Å². The van der Waals surface area contributed by atoms with E-state index in [9.17, 15) is 0 Å². The van der Waals surface area contributed by atoms with Crippen LogP contribution >= 0.6 is 0 Å². The first-order valence-electron chi connectivity index (χ1n) is 40.0. The molecule has 14 aliphatic heterocycles. The summed E-state index contributed by atoms with van der Waals surface area (Å²) in [5, 5.41) is 0. The zero-order valence-corrected chi connectivity index (χ0v) is 63.6. The molecule has 0 spiro atoms. The molecule has 0 aromatic heterocycles. The molecular formula is C80H144O16. The van der Waals surface area contributed by atoms with Crippen LogP contribution in [0.15, 0.2) is 0 Å². The third kappa shape index (κ3) is 25.9. The number of hydrogen-bond donors (Lipinski definition) is 0. The van der Waals surface area contributed by atoms with E-state index in [4.69, 9.17) is 75.8 Å². The second kappa shape index (κ2) is 40.0. The molecule has 32 atom stereocenters. The van der Waals surface area contributed by atoms with Gasteiger partial charge in [0.25, 0.3) is 0 Å². The van der Waals surface area contributed by atoms with Gasteiger partial charge in [-0.1, -0.05) is 48.5 Å². The number of ether oxygens (including phenoxy) is 16. The summed E-state index contributed by atoms with van der Waals surface area (Å²) in [6.45, 7) is 45.9. The highest BCUT2D eigenvalue weighted by molar-refractivity contribution is 4.89. The van der Waals surface area contributed by atoms with Crippen LogP contribution in [0.5, 0.6) is 0 Å². The highest BCUT2D eigenvalue weighted by atomic mass is 16.7. The molecule has 16 rings (SSSR count). The first-order valence-corrected chi connectivity index (χ1v) is 40.0. The Labute approximate surface area is 584 Å². The van der Waals surface area contributed by atoms with Gasteiger partial charge < -0.3 is 75.8 Å². The van der Waals surface area contributed by atoms with Crippen molar-refractivity contribution in [3.05, 3.63) is 0 Å². The van der Waals surface area contributed by atoms with E-state index in [0.717, 1.165) is 139 Å². The predicted molar refractivity (Wildman–Crippen MR) is 376 cm³/mol. The van der Waals surface area contributed by atoms with Crippen molar-refractivity contribution in [1.82, 2.24) is 0 Å². The van der Waals surface area contributed by atoms with Crippen LogP contribution in [0.2, 0.25) is 0 Å². The molecule has 0 amide bonds. The Kier molecular flexibility index (Phi) is 33.1. The zero-order chi connectivity index (χ0) is 68.4. The minimum atomic E-state index is 0.0275. The van der Waals surface area contributed by atoms with E-state index in [1.807, 2.05) is 6.92 Å². The summed E-state index contributed by atoms with van der Waals surface area (Å²) in [5.41, 5.74) is 0. The molecule has 0 aromatic rings. The first-order chi connectivity index (χ1) is 46.0. The minimum absolute atomic E-state index is 0.0275. The van der Waals surface area contributed by atoms with Gasteiger partial charge in [-0.25, -0.2) is 0 Å². The summed E-state index contributed by atoms with van der Waals surface area (Å²) >= 11 is 0.